The molecule has 0 saturated heterocycles. The second kappa shape index (κ2) is 11.6. The van der Waals surface area contributed by atoms with Crippen LogP contribution in [0.15, 0.2) is 84.0 Å². The summed E-state index contributed by atoms with van der Waals surface area (Å²) in [4.78, 5) is 22.9. The Morgan fingerprint density at radius 2 is 1.78 bits per heavy atom. The van der Waals surface area contributed by atoms with Crippen molar-refractivity contribution < 1.29 is 19.2 Å². The summed E-state index contributed by atoms with van der Waals surface area (Å²) in [6.45, 7) is 0.378. The van der Waals surface area contributed by atoms with Gasteiger partial charge in [-0.2, -0.15) is 5.10 Å². The predicted octanol–water partition coefficient (Wildman–Crippen LogP) is 5.63. The largest absolute Gasteiger partial charge is 0.493 e. The highest BCUT2D eigenvalue weighted by Crippen LogP contribution is 2.34. The lowest BCUT2D eigenvalue weighted by molar-refractivity contribution is -0.385. The molecule has 0 bridgehead atoms. The Hall–Kier alpha value is -3.99. The van der Waals surface area contributed by atoms with E-state index in [1.165, 1.54) is 12.3 Å². The van der Waals surface area contributed by atoms with E-state index in [0.717, 1.165) is 19.9 Å². The third kappa shape index (κ3) is 5.98. The van der Waals surface area contributed by atoms with Crippen molar-refractivity contribution >= 4 is 51.2 Å². The molecule has 36 heavy (non-hydrogen) atoms. The standard InChI is InChI=1S/C27H22IN3O5/c1-35-25-14-18(16-29-30-26(32)15-20-8-3-5-12-24(20)31(33)34)13-23(28)27(25)36-17-21-10-6-9-19-7-2-4-11-22(19)21/h2-14,16H,15,17H2,1H3,(H,30,32)/b29-16+. The Balaban J connectivity index is 1.44. The zero-order valence-corrected chi connectivity index (χ0v) is 21.5. The lowest BCUT2D eigenvalue weighted by Crippen LogP contribution is -2.20. The van der Waals surface area contributed by atoms with Gasteiger partial charge in [0.05, 0.1) is 28.2 Å². The summed E-state index contributed by atoms with van der Waals surface area (Å²) in [6.07, 6.45) is 1.33. The molecule has 4 rings (SSSR count). The summed E-state index contributed by atoms with van der Waals surface area (Å²) in [5.74, 6) is 0.690. The fourth-order valence-corrected chi connectivity index (χ4v) is 4.53. The number of rotatable bonds is 9. The van der Waals surface area contributed by atoms with Crippen molar-refractivity contribution in [2.24, 2.45) is 5.10 Å². The predicted molar refractivity (Wildman–Crippen MR) is 147 cm³/mol. The van der Waals surface area contributed by atoms with Gasteiger partial charge in [0.2, 0.25) is 5.91 Å². The average Bonchev–Trinajstić information content (AvgIpc) is 2.88. The molecule has 0 aliphatic rings. The Morgan fingerprint density at radius 1 is 1.06 bits per heavy atom. The second-order valence-electron chi connectivity index (χ2n) is 7.82. The summed E-state index contributed by atoms with van der Waals surface area (Å²) >= 11 is 2.17. The Bertz CT molecular complexity index is 1450. The molecule has 0 spiro atoms. The molecule has 182 valence electrons. The SMILES string of the molecule is COc1cc(/C=N/NC(=O)Cc2ccccc2[N+](=O)[O-])cc(I)c1OCc1cccc2ccccc12. The highest BCUT2D eigenvalue weighted by molar-refractivity contribution is 14.1. The zero-order valence-electron chi connectivity index (χ0n) is 19.3. The fraction of sp³-hybridized carbons (Fsp3) is 0.111. The van der Waals surface area contributed by atoms with Crippen LogP contribution in [0.5, 0.6) is 11.5 Å². The first kappa shape index (κ1) is 25.1. The molecule has 0 aliphatic heterocycles. The number of nitrogens with zero attached hydrogens (tertiary/aromatic N) is 2. The molecule has 0 radical (unpaired) electrons. The van der Waals surface area contributed by atoms with Crippen LogP contribution in [0.3, 0.4) is 0 Å². The van der Waals surface area contributed by atoms with Gasteiger partial charge in [-0.3, -0.25) is 14.9 Å². The van der Waals surface area contributed by atoms with Gasteiger partial charge in [0.1, 0.15) is 6.61 Å². The van der Waals surface area contributed by atoms with Crippen LogP contribution in [0.25, 0.3) is 10.8 Å². The third-order valence-corrected chi connectivity index (χ3v) is 6.25. The van der Waals surface area contributed by atoms with E-state index in [0.29, 0.717) is 29.2 Å². The van der Waals surface area contributed by atoms with Crippen molar-refractivity contribution in [3.63, 3.8) is 0 Å². The van der Waals surface area contributed by atoms with Crippen LogP contribution < -0.4 is 14.9 Å². The van der Waals surface area contributed by atoms with E-state index in [-0.39, 0.29) is 12.1 Å². The number of nitro groups is 1. The van der Waals surface area contributed by atoms with Gasteiger partial charge < -0.3 is 9.47 Å². The number of hydrogen-bond acceptors (Lipinski definition) is 6. The first-order valence-corrected chi connectivity index (χ1v) is 12.1. The molecule has 4 aromatic carbocycles. The van der Waals surface area contributed by atoms with Crippen LogP contribution in [0, 0.1) is 13.7 Å². The molecule has 0 saturated carbocycles. The van der Waals surface area contributed by atoms with E-state index in [9.17, 15) is 14.9 Å². The average molecular weight is 595 g/mol. The van der Waals surface area contributed by atoms with Crippen molar-refractivity contribution in [1.82, 2.24) is 5.43 Å². The minimum absolute atomic E-state index is 0.102. The van der Waals surface area contributed by atoms with Crippen LogP contribution in [-0.4, -0.2) is 24.2 Å². The molecular weight excluding hydrogens is 573 g/mol. The zero-order chi connectivity index (χ0) is 25.5. The molecule has 1 N–H and O–H groups in total. The molecule has 0 aromatic heterocycles. The third-order valence-electron chi connectivity index (χ3n) is 5.45. The fourth-order valence-electron chi connectivity index (χ4n) is 3.75. The van der Waals surface area contributed by atoms with Crippen LogP contribution in [0.2, 0.25) is 0 Å². The number of carbonyl (C=O) groups excluding carboxylic acids is 1. The Kier molecular flexibility index (Phi) is 8.11. The summed E-state index contributed by atoms with van der Waals surface area (Å²) in [5.41, 5.74) is 4.39. The van der Waals surface area contributed by atoms with Crippen molar-refractivity contribution in [2.45, 2.75) is 13.0 Å². The quantitative estimate of drug-likeness (QED) is 0.117. The van der Waals surface area contributed by atoms with E-state index < -0.39 is 10.8 Å². The van der Waals surface area contributed by atoms with E-state index in [1.54, 1.807) is 31.4 Å². The number of para-hydroxylation sites is 1. The number of fused-ring (bicyclic) bond motifs is 1. The number of carbonyl (C=O) groups is 1. The van der Waals surface area contributed by atoms with Crippen molar-refractivity contribution in [2.75, 3.05) is 7.11 Å². The summed E-state index contributed by atoms with van der Waals surface area (Å²) < 4.78 is 12.5. The second-order valence-corrected chi connectivity index (χ2v) is 8.98. The highest BCUT2D eigenvalue weighted by Gasteiger charge is 2.15. The molecular formula is C27H22IN3O5. The number of methoxy groups -OCH3 is 1. The maximum atomic E-state index is 12.2. The van der Waals surface area contributed by atoms with E-state index in [4.69, 9.17) is 9.47 Å². The summed E-state index contributed by atoms with van der Waals surface area (Å²) in [5, 5.41) is 17.4. The van der Waals surface area contributed by atoms with E-state index in [2.05, 4.69) is 51.3 Å². The smallest absolute Gasteiger partial charge is 0.273 e. The molecule has 4 aromatic rings. The van der Waals surface area contributed by atoms with Gasteiger partial charge in [-0.25, -0.2) is 5.43 Å². The van der Waals surface area contributed by atoms with Gasteiger partial charge in [0.15, 0.2) is 11.5 Å². The minimum atomic E-state index is -0.510. The number of hydrogen-bond donors (Lipinski definition) is 1. The lowest BCUT2D eigenvalue weighted by Gasteiger charge is -2.14. The van der Waals surface area contributed by atoms with Gasteiger partial charge in [0.25, 0.3) is 5.69 Å². The molecule has 8 nitrogen and oxygen atoms in total. The van der Waals surface area contributed by atoms with Gasteiger partial charge in [-0.05, 0) is 56.6 Å². The van der Waals surface area contributed by atoms with Crippen LogP contribution >= 0.6 is 22.6 Å². The van der Waals surface area contributed by atoms with Gasteiger partial charge in [-0.1, -0.05) is 60.7 Å². The molecule has 0 atom stereocenters. The summed E-state index contributed by atoms with van der Waals surface area (Å²) in [7, 11) is 1.56. The number of halogens is 1. The maximum absolute atomic E-state index is 12.2. The Morgan fingerprint density at radius 3 is 2.58 bits per heavy atom. The van der Waals surface area contributed by atoms with Gasteiger partial charge in [-0.15, -0.1) is 0 Å². The summed E-state index contributed by atoms with van der Waals surface area (Å²) in [6, 6.07) is 24.0. The van der Waals surface area contributed by atoms with Crippen LogP contribution in [0.4, 0.5) is 5.69 Å². The molecule has 9 heteroatoms. The number of benzene rings is 4. The Labute approximate surface area is 221 Å². The highest BCUT2D eigenvalue weighted by atomic mass is 127. The topological polar surface area (TPSA) is 103 Å². The number of nitro benzene ring substituents is 1. The van der Waals surface area contributed by atoms with Crippen molar-refractivity contribution in [3.05, 3.63) is 109 Å². The number of nitrogens with one attached hydrogen (secondary N) is 1. The molecule has 0 unspecified atom stereocenters. The first-order valence-electron chi connectivity index (χ1n) is 11.0. The minimum Gasteiger partial charge on any atom is -0.493 e. The molecule has 0 heterocycles. The molecule has 0 aliphatic carbocycles. The maximum Gasteiger partial charge on any atom is 0.273 e. The lowest BCUT2D eigenvalue weighted by atomic mass is 10.1. The number of ether oxygens (including phenoxy) is 2. The van der Waals surface area contributed by atoms with Crippen molar-refractivity contribution in [1.29, 1.82) is 0 Å². The monoisotopic (exact) mass is 595 g/mol. The van der Waals surface area contributed by atoms with Gasteiger partial charge in [0, 0.05) is 11.6 Å². The first-order chi connectivity index (χ1) is 17.5. The number of hydrazone groups is 1. The number of amides is 1. The van der Waals surface area contributed by atoms with Crippen LogP contribution in [-0.2, 0) is 17.8 Å². The molecule has 0 fully saturated rings. The van der Waals surface area contributed by atoms with E-state index >= 15 is 0 Å². The van der Waals surface area contributed by atoms with E-state index in [1.807, 2.05) is 30.3 Å². The van der Waals surface area contributed by atoms with Crippen molar-refractivity contribution in [3.8, 4) is 11.5 Å². The molecule has 1 amide bonds. The normalized spacial score (nSPS) is 10.9. The van der Waals surface area contributed by atoms with Gasteiger partial charge >= 0.3 is 0 Å². The van der Waals surface area contributed by atoms with Crippen LogP contribution in [0.1, 0.15) is 16.7 Å².